The van der Waals surface area contributed by atoms with Crippen molar-refractivity contribution in [2.45, 2.75) is 75.8 Å². The number of carbonyl (C=O) groups excluding carboxylic acids is 1. The Bertz CT molecular complexity index is 1480. The van der Waals surface area contributed by atoms with Gasteiger partial charge in [0.05, 0.1) is 12.2 Å². The number of nitrogens with one attached hydrogen (secondary N) is 3. The molecule has 3 aromatic rings. The summed E-state index contributed by atoms with van der Waals surface area (Å²) in [6.45, 7) is 7.19. The molecule has 1 atom stereocenters. The quantitative estimate of drug-likeness (QED) is 0.116. The van der Waals surface area contributed by atoms with Crippen molar-refractivity contribution in [3.05, 3.63) is 53.3 Å². The number of rotatable bonds is 13. The third kappa shape index (κ3) is 5.98. The fourth-order valence-electron chi connectivity index (χ4n) is 7.69. The number of carbonyl (C=O) groups is 1. The maximum atomic E-state index is 12.9. The van der Waals surface area contributed by atoms with Crippen molar-refractivity contribution in [2.75, 3.05) is 25.0 Å². The van der Waals surface area contributed by atoms with Crippen LogP contribution in [0, 0.1) is 22.7 Å². The van der Waals surface area contributed by atoms with E-state index in [4.69, 9.17) is 16.3 Å². The van der Waals surface area contributed by atoms with E-state index in [1.807, 2.05) is 24.3 Å². The molecule has 0 bridgehead atoms. The Morgan fingerprint density at radius 1 is 1.12 bits per heavy atom. The summed E-state index contributed by atoms with van der Waals surface area (Å²) < 4.78 is 10.4. The van der Waals surface area contributed by atoms with Crippen LogP contribution in [0.4, 0.5) is 5.82 Å². The highest BCUT2D eigenvalue weighted by atomic mass is 35.5. The maximum absolute atomic E-state index is 12.9. The van der Waals surface area contributed by atoms with Gasteiger partial charge in [0.2, 0.25) is 5.88 Å². The van der Waals surface area contributed by atoms with E-state index in [1.54, 1.807) is 23.0 Å². The van der Waals surface area contributed by atoms with Crippen LogP contribution in [0.3, 0.4) is 0 Å². The van der Waals surface area contributed by atoms with Crippen molar-refractivity contribution in [1.29, 1.82) is 0 Å². The first-order chi connectivity index (χ1) is 20.8. The third-order valence-corrected chi connectivity index (χ3v) is 11.1. The average Bonchev–Trinajstić information content (AvgIpc) is 3.94. The minimum atomic E-state index is -0.339. The van der Waals surface area contributed by atoms with E-state index in [1.165, 1.54) is 38.5 Å². The largest absolute Gasteiger partial charge is 0.477 e. The van der Waals surface area contributed by atoms with Crippen LogP contribution in [-0.2, 0) is 0 Å². The van der Waals surface area contributed by atoms with Crippen LogP contribution >= 0.6 is 23.5 Å². The molecule has 3 aromatic heterocycles. The van der Waals surface area contributed by atoms with Gasteiger partial charge in [0.1, 0.15) is 16.0 Å². The molecule has 43 heavy (non-hydrogen) atoms. The lowest BCUT2D eigenvalue weighted by molar-refractivity contribution is 0.0984. The third-order valence-electron chi connectivity index (χ3n) is 10.1. The highest BCUT2D eigenvalue weighted by molar-refractivity contribution is 7.97. The number of nitrogens with zero attached hydrogens (tertiary/aromatic N) is 4. The van der Waals surface area contributed by atoms with Gasteiger partial charge in [-0.1, -0.05) is 17.7 Å². The van der Waals surface area contributed by atoms with Crippen LogP contribution in [0.5, 0.6) is 5.88 Å². The topological polar surface area (TPSA) is 106 Å². The minimum Gasteiger partial charge on any atom is -0.477 e. The standard InChI is InChI=1S/C32H40ClN7O2S/c1-30(2)19-21(20-35-30)5-4-16-34-24-6-3-7-27(36-24)43-39-29(41)22-8-9-25(37-28(22)33)40-17-10-26(38-40)42-18-11-23-31(12-13-31)32(23)14-15-32/h3,6-10,17,21,23,35H,4-5,11-16,18-20H2,1-2H3,(H,34,36)(H,39,41). The Kier molecular flexibility index (Phi) is 7.58. The predicted molar refractivity (Wildman–Crippen MR) is 169 cm³/mol. The van der Waals surface area contributed by atoms with Crippen LogP contribution in [0.1, 0.15) is 75.6 Å². The monoisotopic (exact) mass is 621 g/mol. The van der Waals surface area contributed by atoms with Crippen molar-refractivity contribution >= 4 is 35.3 Å². The molecule has 4 aliphatic rings. The normalized spacial score (nSPS) is 22.1. The Hall–Kier alpha value is -2.82. The van der Waals surface area contributed by atoms with Crippen LogP contribution in [-0.4, -0.2) is 50.9 Å². The lowest BCUT2D eigenvalue weighted by atomic mass is 9.94. The Balaban J connectivity index is 0.863. The zero-order valence-electron chi connectivity index (χ0n) is 24.9. The Morgan fingerprint density at radius 3 is 2.65 bits per heavy atom. The fourth-order valence-corrected chi connectivity index (χ4v) is 8.52. The summed E-state index contributed by atoms with van der Waals surface area (Å²) in [5.74, 6) is 3.14. The molecule has 228 valence electrons. The van der Waals surface area contributed by atoms with Crippen molar-refractivity contribution in [1.82, 2.24) is 29.8 Å². The maximum Gasteiger partial charge on any atom is 0.264 e. The van der Waals surface area contributed by atoms with Gasteiger partial charge in [-0.2, -0.15) is 0 Å². The van der Waals surface area contributed by atoms with Crippen LogP contribution in [0.2, 0.25) is 5.15 Å². The second-order valence-corrected chi connectivity index (χ2v) is 14.6. The summed E-state index contributed by atoms with van der Waals surface area (Å²) in [6.07, 6.45) is 12.1. The molecule has 4 fully saturated rings. The van der Waals surface area contributed by atoms with Crippen molar-refractivity contribution in [2.24, 2.45) is 22.7 Å². The molecule has 9 nitrogen and oxygen atoms in total. The van der Waals surface area contributed by atoms with Crippen molar-refractivity contribution in [3.8, 4) is 11.7 Å². The van der Waals surface area contributed by atoms with Crippen LogP contribution in [0.25, 0.3) is 5.82 Å². The first kappa shape index (κ1) is 28.9. The lowest BCUT2D eigenvalue weighted by Gasteiger charge is -2.17. The Morgan fingerprint density at radius 2 is 1.93 bits per heavy atom. The molecule has 1 amide bonds. The number of anilines is 1. The Labute approximate surface area is 262 Å². The zero-order valence-corrected chi connectivity index (χ0v) is 26.4. The molecule has 3 aliphatic carbocycles. The summed E-state index contributed by atoms with van der Waals surface area (Å²) >= 11 is 7.58. The number of hydrogen-bond acceptors (Lipinski definition) is 8. The minimum absolute atomic E-state index is 0.107. The van der Waals surface area contributed by atoms with Gasteiger partial charge in [0, 0.05) is 36.3 Å². The molecule has 4 heterocycles. The van der Waals surface area contributed by atoms with E-state index in [9.17, 15) is 4.79 Å². The first-order valence-electron chi connectivity index (χ1n) is 15.6. The van der Waals surface area contributed by atoms with E-state index in [-0.39, 0.29) is 22.2 Å². The molecule has 1 unspecified atom stereocenters. The molecule has 0 radical (unpaired) electrons. The SMILES string of the molecule is CC1(C)CC(CCCNc2cccc(SNC(=O)c3ccc(-n4ccc(OCCC5C6(CC6)C56CC6)n4)nc3Cl)n2)CN1. The number of fused-ring (bicyclic) bond motifs is 1. The van der Waals surface area contributed by atoms with E-state index in [2.05, 4.69) is 44.3 Å². The van der Waals surface area contributed by atoms with Gasteiger partial charge in [-0.15, -0.1) is 5.10 Å². The van der Waals surface area contributed by atoms with Gasteiger partial charge in [-0.3, -0.25) is 9.52 Å². The number of pyridine rings is 2. The molecule has 1 saturated heterocycles. The second kappa shape index (κ2) is 11.3. The number of aromatic nitrogens is 4. The molecule has 3 N–H and O–H groups in total. The van der Waals surface area contributed by atoms with Gasteiger partial charge in [-0.05, 0) is 119 Å². The van der Waals surface area contributed by atoms with Crippen LogP contribution < -0.4 is 20.1 Å². The van der Waals surface area contributed by atoms with Crippen molar-refractivity contribution in [3.63, 3.8) is 0 Å². The molecule has 1 aliphatic heterocycles. The summed E-state index contributed by atoms with van der Waals surface area (Å²) in [4.78, 5) is 21.9. The zero-order chi connectivity index (χ0) is 29.7. The van der Waals surface area contributed by atoms with Gasteiger partial charge >= 0.3 is 0 Å². The highest BCUT2D eigenvalue weighted by Crippen LogP contribution is 2.93. The van der Waals surface area contributed by atoms with Crippen molar-refractivity contribution < 1.29 is 9.53 Å². The molecule has 2 spiro atoms. The predicted octanol–water partition coefficient (Wildman–Crippen LogP) is 6.29. The molecular weight excluding hydrogens is 582 g/mol. The van der Waals surface area contributed by atoms with Gasteiger partial charge in [-0.25, -0.2) is 14.6 Å². The lowest BCUT2D eigenvalue weighted by Crippen LogP contribution is -2.31. The summed E-state index contributed by atoms with van der Waals surface area (Å²) in [5, 5.41) is 12.3. The number of ether oxygens (including phenoxy) is 1. The fraction of sp³-hybridized carbons (Fsp3) is 0.562. The van der Waals surface area contributed by atoms with Gasteiger partial charge < -0.3 is 15.4 Å². The van der Waals surface area contributed by atoms with Gasteiger partial charge in [0.15, 0.2) is 5.82 Å². The molecule has 0 aromatic carbocycles. The van der Waals surface area contributed by atoms with Gasteiger partial charge in [0.25, 0.3) is 5.91 Å². The van der Waals surface area contributed by atoms with Crippen LogP contribution in [0.15, 0.2) is 47.6 Å². The van der Waals surface area contributed by atoms with E-state index in [0.29, 0.717) is 34.2 Å². The molecule has 3 saturated carbocycles. The van der Waals surface area contributed by atoms with E-state index < -0.39 is 0 Å². The van der Waals surface area contributed by atoms with E-state index >= 15 is 0 Å². The first-order valence-corrected chi connectivity index (χ1v) is 16.8. The molecular formula is C32H40ClN7O2S. The second-order valence-electron chi connectivity index (χ2n) is 13.4. The van der Waals surface area contributed by atoms with E-state index in [0.717, 1.165) is 55.5 Å². The highest BCUT2D eigenvalue weighted by Gasteiger charge is 2.85. The number of halogens is 1. The smallest absolute Gasteiger partial charge is 0.264 e. The number of amides is 1. The molecule has 7 rings (SSSR count). The average molecular weight is 622 g/mol. The summed E-state index contributed by atoms with van der Waals surface area (Å²) in [7, 11) is 0. The number of hydrogen-bond donors (Lipinski definition) is 3. The summed E-state index contributed by atoms with van der Waals surface area (Å²) in [6, 6.07) is 11.0. The summed E-state index contributed by atoms with van der Waals surface area (Å²) in [5.41, 5.74) is 1.94. The molecule has 11 heteroatoms.